The summed E-state index contributed by atoms with van der Waals surface area (Å²) in [6, 6.07) is 10.7. The highest BCUT2D eigenvalue weighted by atomic mass is 35.5. The molecule has 0 aliphatic rings. The number of thiophene rings is 2. The van der Waals surface area contributed by atoms with E-state index in [9.17, 15) is 14.4 Å². The second-order valence-electron chi connectivity index (χ2n) is 6.38. The van der Waals surface area contributed by atoms with Gasteiger partial charge in [0.25, 0.3) is 11.5 Å². The Balaban J connectivity index is 1.42. The number of rotatable bonds is 5. The highest BCUT2D eigenvalue weighted by molar-refractivity contribution is 7.18. The van der Waals surface area contributed by atoms with Gasteiger partial charge in [0.1, 0.15) is 11.4 Å². The minimum atomic E-state index is -0.532. The molecule has 152 valence electrons. The average molecular weight is 459 g/mol. The van der Waals surface area contributed by atoms with E-state index in [0.29, 0.717) is 15.2 Å². The SMILES string of the molecule is O=C(Cc1ccc(Cl)cc1)NNC(=O)Cn1cnc2scc(-c3cccs3)c2c1=O. The molecule has 4 rings (SSSR count). The van der Waals surface area contributed by atoms with Gasteiger partial charge >= 0.3 is 0 Å². The molecule has 3 heterocycles. The molecule has 30 heavy (non-hydrogen) atoms. The maximum atomic E-state index is 12.9. The number of carbonyl (C=O) groups excluding carboxylic acids is 2. The molecule has 0 aliphatic carbocycles. The lowest BCUT2D eigenvalue weighted by Crippen LogP contribution is -2.44. The van der Waals surface area contributed by atoms with Crippen LogP contribution in [-0.2, 0) is 22.6 Å². The van der Waals surface area contributed by atoms with Crippen LogP contribution in [0.4, 0.5) is 0 Å². The van der Waals surface area contributed by atoms with E-state index in [1.54, 1.807) is 24.3 Å². The Morgan fingerprint density at radius 3 is 2.57 bits per heavy atom. The summed E-state index contributed by atoms with van der Waals surface area (Å²) in [6.45, 7) is -0.261. The van der Waals surface area contributed by atoms with Crippen molar-refractivity contribution in [3.8, 4) is 10.4 Å². The number of amides is 2. The van der Waals surface area contributed by atoms with Crippen LogP contribution < -0.4 is 16.4 Å². The number of benzene rings is 1. The van der Waals surface area contributed by atoms with E-state index in [2.05, 4.69) is 15.8 Å². The Hall–Kier alpha value is -3.01. The number of nitrogens with one attached hydrogen (secondary N) is 2. The number of fused-ring (bicyclic) bond motifs is 1. The smallest absolute Gasteiger partial charge is 0.263 e. The predicted octanol–water partition coefficient (Wildman–Crippen LogP) is 3.23. The van der Waals surface area contributed by atoms with E-state index in [4.69, 9.17) is 11.6 Å². The molecule has 7 nitrogen and oxygen atoms in total. The lowest BCUT2D eigenvalue weighted by atomic mass is 10.1. The Morgan fingerprint density at radius 1 is 1.07 bits per heavy atom. The van der Waals surface area contributed by atoms with E-state index < -0.39 is 5.91 Å². The number of aromatic nitrogens is 2. The molecule has 0 bridgehead atoms. The molecule has 0 unspecified atom stereocenters. The van der Waals surface area contributed by atoms with Gasteiger partial charge in [-0.05, 0) is 29.1 Å². The normalized spacial score (nSPS) is 10.8. The first kappa shape index (κ1) is 20.3. The fourth-order valence-corrected chi connectivity index (χ4v) is 4.71. The predicted molar refractivity (Wildman–Crippen MR) is 119 cm³/mol. The van der Waals surface area contributed by atoms with Crippen LogP contribution in [-0.4, -0.2) is 21.4 Å². The molecule has 0 radical (unpaired) electrons. The van der Waals surface area contributed by atoms with Gasteiger partial charge in [-0.15, -0.1) is 22.7 Å². The third kappa shape index (κ3) is 4.43. The zero-order valence-electron chi connectivity index (χ0n) is 15.4. The Bertz CT molecular complexity index is 1260. The lowest BCUT2D eigenvalue weighted by molar-refractivity contribution is -0.128. The topological polar surface area (TPSA) is 93.1 Å². The number of hydrogen-bond acceptors (Lipinski definition) is 6. The van der Waals surface area contributed by atoms with Crippen molar-refractivity contribution in [2.24, 2.45) is 0 Å². The van der Waals surface area contributed by atoms with Gasteiger partial charge in [-0.1, -0.05) is 29.8 Å². The van der Waals surface area contributed by atoms with Crippen molar-refractivity contribution in [2.75, 3.05) is 0 Å². The van der Waals surface area contributed by atoms with Crippen LogP contribution in [0.3, 0.4) is 0 Å². The van der Waals surface area contributed by atoms with E-state index in [0.717, 1.165) is 16.0 Å². The Kier molecular flexibility index (Phi) is 5.93. The van der Waals surface area contributed by atoms with Crippen molar-refractivity contribution < 1.29 is 9.59 Å². The highest BCUT2D eigenvalue weighted by Crippen LogP contribution is 2.33. The second-order valence-corrected chi connectivity index (χ2v) is 8.63. The molecule has 0 fully saturated rings. The van der Waals surface area contributed by atoms with Crippen LogP contribution >= 0.6 is 34.3 Å². The largest absolute Gasteiger partial charge is 0.289 e. The van der Waals surface area contributed by atoms with Crippen LogP contribution in [0.25, 0.3) is 20.7 Å². The van der Waals surface area contributed by atoms with Crippen molar-refractivity contribution in [3.63, 3.8) is 0 Å². The molecule has 0 saturated carbocycles. The number of halogens is 1. The maximum Gasteiger partial charge on any atom is 0.263 e. The van der Waals surface area contributed by atoms with Gasteiger partial charge in [-0.25, -0.2) is 4.98 Å². The van der Waals surface area contributed by atoms with Gasteiger partial charge in [-0.2, -0.15) is 0 Å². The van der Waals surface area contributed by atoms with E-state index in [1.165, 1.54) is 33.6 Å². The first-order chi connectivity index (χ1) is 14.5. The number of carbonyl (C=O) groups is 2. The lowest BCUT2D eigenvalue weighted by Gasteiger charge is -2.09. The van der Waals surface area contributed by atoms with Crippen LogP contribution in [0.15, 0.2) is 58.3 Å². The average Bonchev–Trinajstić information content (AvgIpc) is 3.40. The molecule has 10 heteroatoms. The summed E-state index contributed by atoms with van der Waals surface area (Å²) in [5.74, 6) is -0.917. The first-order valence-corrected chi connectivity index (χ1v) is 11.0. The molecule has 1 aromatic carbocycles. The van der Waals surface area contributed by atoms with Crippen molar-refractivity contribution in [1.29, 1.82) is 0 Å². The first-order valence-electron chi connectivity index (χ1n) is 8.84. The van der Waals surface area contributed by atoms with E-state index in [-0.39, 0.29) is 24.4 Å². The Labute approximate surface area is 183 Å². The van der Waals surface area contributed by atoms with Gasteiger partial charge in [0.15, 0.2) is 0 Å². The number of hydrogen-bond donors (Lipinski definition) is 2. The van der Waals surface area contributed by atoms with Crippen LogP contribution in [0.2, 0.25) is 5.02 Å². The van der Waals surface area contributed by atoms with Crippen molar-refractivity contribution in [1.82, 2.24) is 20.4 Å². The van der Waals surface area contributed by atoms with E-state index in [1.807, 2.05) is 22.9 Å². The molecular weight excluding hydrogens is 444 g/mol. The minimum Gasteiger partial charge on any atom is -0.289 e. The standard InChI is InChI=1S/C20H15ClN4O3S2/c21-13-5-3-12(4-6-13)8-16(26)23-24-17(27)9-25-11-22-19-18(20(25)28)14(10-30-19)15-2-1-7-29-15/h1-7,10-11H,8-9H2,(H,23,26)(H,24,27). The summed E-state index contributed by atoms with van der Waals surface area (Å²) in [5, 5.41) is 4.90. The summed E-state index contributed by atoms with van der Waals surface area (Å²) in [7, 11) is 0. The summed E-state index contributed by atoms with van der Waals surface area (Å²) >= 11 is 8.74. The van der Waals surface area contributed by atoms with E-state index >= 15 is 0 Å². The summed E-state index contributed by atoms with van der Waals surface area (Å²) in [6.07, 6.45) is 1.43. The Morgan fingerprint density at radius 2 is 1.83 bits per heavy atom. The van der Waals surface area contributed by atoms with Crippen LogP contribution in [0.1, 0.15) is 5.56 Å². The quantitative estimate of drug-likeness (QED) is 0.449. The third-order valence-corrected chi connectivity index (χ3v) is 6.32. The van der Waals surface area contributed by atoms with Crippen molar-refractivity contribution in [3.05, 3.63) is 74.4 Å². The summed E-state index contributed by atoms with van der Waals surface area (Å²) in [5.41, 5.74) is 5.95. The summed E-state index contributed by atoms with van der Waals surface area (Å²) in [4.78, 5) is 43.0. The van der Waals surface area contributed by atoms with Gasteiger partial charge in [0.2, 0.25) is 5.91 Å². The minimum absolute atomic E-state index is 0.0873. The highest BCUT2D eigenvalue weighted by Gasteiger charge is 2.15. The molecule has 2 N–H and O–H groups in total. The molecule has 2 amide bonds. The second kappa shape index (κ2) is 8.78. The van der Waals surface area contributed by atoms with Gasteiger partial charge in [0.05, 0.1) is 18.1 Å². The zero-order valence-corrected chi connectivity index (χ0v) is 17.8. The molecule has 0 atom stereocenters. The van der Waals surface area contributed by atoms with Crippen LogP contribution in [0.5, 0.6) is 0 Å². The molecule has 0 spiro atoms. The fraction of sp³-hybridized carbons (Fsp3) is 0.100. The van der Waals surface area contributed by atoms with Crippen molar-refractivity contribution >= 4 is 56.3 Å². The maximum absolute atomic E-state index is 12.9. The molecule has 0 saturated heterocycles. The summed E-state index contributed by atoms with van der Waals surface area (Å²) < 4.78 is 1.23. The van der Waals surface area contributed by atoms with Gasteiger partial charge in [0, 0.05) is 20.8 Å². The third-order valence-electron chi connectivity index (χ3n) is 4.28. The molecular formula is C20H15ClN4O3S2. The van der Waals surface area contributed by atoms with Crippen molar-refractivity contribution in [2.45, 2.75) is 13.0 Å². The zero-order chi connectivity index (χ0) is 21.1. The number of hydrazine groups is 1. The van der Waals surface area contributed by atoms with Gasteiger partial charge < -0.3 is 0 Å². The fourth-order valence-electron chi connectivity index (χ4n) is 2.86. The molecule has 0 aliphatic heterocycles. The monoisotopic (exact) mass is 458 g/mol. The number of nitrogens with zero attached hydrogens (tertiary/aromatic N) is 2. The van der Waals surface area contributed by atoms with Gasteiger partial charge in [-0.3, -0.25) is 29.8 Å². The molecule has 3 aromatic heterocycles. The van der Waals surface area contributed by atoms with Crippen LogP contribution in [0, 0.1) is 0 Å². The molecule has 4 aromatic rings.